The van der Waals surface area contributed by atoms with Gasteiger partial charge in [0.25, 0.3) is 5.91 Å². The maximum absolute atomic E-state index is 13.1. The Kier molecular flexibility index (Phi) is 10.7. The van der Waals surface area contributed by atoms with Crippen molar-refractivity contribution in [3.8, 4) is 0 Å². The summed E-state index contributed by atoms with van der Waals surface area (Å²) in [5.41, 5.74) is 1.94. The number of aliphatic hydroxyl groups excluding tert-OH is 1. The quantitative estimate of drug-likeness (QED) is 0.315. The number of carbonyl (C=O) groups is 2. The summed E-state index contributed by atoms with van der Waals surface area (Å²) in [4.78, 5) is 25.6. The molecule has 0 saturated carbocycles. The van der Waals surface area contributed by atoms with Crippen molar-refractivity contribution < 1.29 is 27.9 Å². The highest BCUT2D eigenvalue weighted by Gasteiger charge is 2.20. The zero-order valence-corrected chi connectivity index (χ0v) is 23.7. The lowest BCUT2D eigenvalue weighted by Gasteiger charge is -2.18. The summed E-state index contributed by atoms with van der Waals surface area (Å²) in [5, 5.41) is 14.3. The van der Waals surface area contributed by atoms with Crippen LogP contribution in [0.3, 0.4) is 0 Å². The fraction of sp³-hybridized carbons (Fsp3) is 0.310. The third kappa shape index (κ3) is 8.37. The molecule has 2 atom stereocenters. The molecule has 0 radical (unpaired) electrons. The summed E-state index contributed by atoms with van der Waals surface area (Å²) in [6.45, 7) is 4.05. The van der Waals surface area contributed by atoms with Crippen LogP contribution >= 0.6 is 11.6 Å². The van der Waals surface area contributed by atoms with E-state index < -0.39 is 27.8 Å². The number of rotatable bonds is 12. The van der Waals surface area contributed by atoms with Crippen molar-refractivity contribution in [2.75, 3.05) is 26.7 Å². The molecule has 0 unspecified atom stereocenters. The first-order valence-electron chi connectivity index (χ1n) is 12.5. The zero-order chi connectivity index (χ0) is 28.6. The van der Waals surface area contributed by atoms with E-state index in [0.717, 1.165) is 11.1 Å². The fourth-order valence-electron chi connectivity index (χ4n) is 3.98. The average molecular weight is 573 g/mol. The second kappa shape index (κ2) is 13.7. The molecular weight excluding hydrogens is 540 g/mol. The van der Waals surface area contributed by atoms with Crippen LogP contribution in [0.2, 0.25) is 5.02 Å². The zero-order valence-electron chi connectivity index (χ0n) is 22.1. The van der Waals surface area contributed by atoms with Crippen molar-refractivity contribution in [3.63, 3.8) is 0 Å². The first kappa shape index (κ1) is 30.3. The molecule has 3 aromatic rings. The third-order valence-electron chi connectivity index (χ3n) is 6.10. The lowest BCUT2D eigenvalue weighted by Crippen LogP contribution is -2.33. The molecule has 3 rings (SSSR count). The monoisotopic (exact) mass is 572 g/mol. The van der Waals surface area contributed by atoms with E-state index in [1.165, 1.54) is 36.2 Å². The Morgan fingerprint density at radius 1 is 1.03 bits per heavy atom. The third-order valence-corrected chi connectivity index (χ3v) is 8.12. The Bertz CT molecular complexity index is 1380. The van der Waals surface area contributed by atoms with Gasteiger partial charge < -0.3 is 20.1 Å². The molecule has 0 aliphatic heterocycles. The molecule has 0 aliphatic carbocycles. The van der Waals surface area contributed by atoms with Gasteiger partial charge >= 0.3 is 5.97 Å². The highest BCUT2D eigenvalue weighted by molar-refractivity contribution is 7.91. The number of nitrogens with one attached hydrogen (secondary N) is 1. The molecule has 39 heavy (non-hydrogen) atoms. The van der Waals surface area contributed by atoms with Crippen molar-refractivity contribution in [2.24, 2.45) is 0 Å². The average Bonchev–Trinajstić information content (AvgIpc) is 2.91. The van der Waals surface area contributed by atoms with Crippen LogP contribution in [0.15, 0.2) is 82.6 Å². The van der Waals surface area contributed by atoms with Gasteiger partial charge in [-0.1, -0.05) is 35.9 Å². The molecule has 10 heteroatoms. The Hall–Kier alpha value is -3.24. The summed E-state index contributed by atoms with van der Waals surface area (Å²) in [7, 11) is -2.31. The maximum Gasteiger partial charge on any atom is 0.325 e. The number of aliphatic hydroxyl groups is 1. The Labute approximate surface area is 234 Å². The maximum atomic E-state index is 13.1. The van der Waals surface area contributed by atoms with E-state index in [2.05, 4.69) is 5.32 Å². The number of likely N-dealkylation sites (N-methyl/N-ethyl adjacent to an activating group) is 1. The van der Waals surface area contributed by atoms with E-state index >= 15 is 0 Å². The Balaban J connectivity index is 1.59. The van der Waals surface area contributed by atoms with E-state index in [-0.39, 0.29) is 34.5 Å². The van der Waals surface area contributed by atoms with E-state index in [0.29, 0.717) is 18.0 Å². The molecule has 0 aromatic heterocycles. The molecule has 0 spiro atoms. The number of hydrogen-bond acceptors (Lipinski definition) is 7. The molecule has 8 nitrogen and oxygen atoms in total. The van der Waals surface area contributed by atoms with Crippen molar-refractivity contribution in [1.82, 2.24) is 10.2 Å². The minimum atomic E-state index is -3.79. The molecule has 2 N–H and O–H groups in total. The van der Waals surface area contributed by atoms with Crippen LogP contribution in [-0.2, 0) is 25.8 Å². The van der Waals surface area contributed by atoms with Gasteiger partial charge in [0, 0.05) is 30.2 Å². The fourth-order valence-corrected chi connectivity index (χ4v) is 5.44. The second-order valence-electron chi connectivity index (χ2n) is 9.22. The molecule has 0 heterocycles. The van der Waals surface area contributed by atoms with Crippen LogP contribution in [0.4, 0.5) is 0 Å². The van der Waals surface area contributed by atoms with Gasteiger partial charge in [0.15, 0.2) is 0 Å². The molecule has 0 bridgehead atoms. The predicted octanol–water partition coefficient (Wildman–Crippen LogP) is 4.06. The van der Waals surface area contributed by atoms with Gasteiger partial charge in [0.05, 0.1) is 22.5 Å². The number of esters is 1. The number of carbonyl (C=O) groups excluding carboxylic acids is 2. The topological polar surface area (TPSA) is 113 Å². The van der Waals surface area contributed by atoms with E-state index in [9.17, 15) is 23.1 Å². The summed E-state index contributed by atoms with van der Waals surface area (Å²) >= 11 is 5.99. The first-order chi connectivity index (χ1) is 18.5. The minimum Gasteiger partial charge on any atom is -0.465 e. The summed E-state index contributed by atoms with van der Waals surface area (Å²) in [5.74, 6) is -0.935. The normalized spacial score (nSPS) is 12.9. The van der Waals surface area contributed by atoms with Crippen molar-refractivity contribution >= 4 is 33.3 Å². The molecule has 0 aliphatic rings. The lowest BCUT2D eigenvalue weighted by atomic mass is 10.1. The van der Waals surface area contributed by atoms with Gasteiger partial charge in [-0.2, -0.15) is 0 Å². The van der Waals surface area contributed by atoms with Gasteiger partial charge in [0.1, 0.15) is 6.54 Å². The molecular formula is C29H33ClN2O6S. The lowest BCUT2D eigenvalue weighted by molar-refractivity contribution is -0.143. The number of ether oxygens (including phenoxy) is 1. The van der Waals surface area contributed by atoms with E-state index in [1.807, 2.05) is 13.0 Å². The summed E-state index contributed by atoms with van der Waals surface area (Å²) in [6, 6.07) is 19.4. The molecule has 208 valence electrons. The highest BCUT2D eigenvalue weighted by atomic mass is 35.5. The molecule has 0 fully saturated rings. The van der Waals surface area contributed by atoms with Gasteiger partial charge in [-0.05, 0) is 79.9 Å². The number of benzene rings is 3. The number of sulfone groups is 1. The smallest absolute Gasteiger partial charge is 0.325 e. The van der Waals surface area contributed by atoms with Crippen LogP contribution in [0.5, 0.6) is 0 Å². The standard InChI is InChI=1S/C29H33ClN2O6S/c1-4-38-28(34)19-32(3)29(35)22-10-14-26(15-11-22)39(36,37)25-12-8-21(9-13-25)16-20(2)31-18-27(33)23-6-5-7-24(30)17-23/h5-15,17,20,27,31,33H,4,16,18-19H2,1-3H3/t20-,27+/m1/s1. The summed E-state index contributed by atoms with van der Waals surface area (Å²) < 4.78 is 31.1. The molecule has 1 amide bonds. The number of amides is 1. The molecule has 0 saturated heterocycles. The minimum absolute atomic E-state index is 0.0355. The second-order valence-corrected chi connectivity index (χ2v) is 11.6. The van der Waals surface area contributed by atoms with Crippen LogP contribution in [-0.4, -0.2) is 63.1 Å². The largest absolute Gasteiger partial charge is 0.465 e. The Morgan fingerprint density at radius 3 is 2.23 bits per heavy atom. The molecule has 3 aromatic carbocycles. The SMILES string of the molecule is CCOC(=O)CN(C)C(=O)c1ccc(S(=O)(=O)c2ccc(C[C@@H](C)NC[C@H](O)c3cccc(Cl)c3)cc2)cc1. The number of halogens is 1. The first-order valence-corrected chi connectivity index (χ1v) is 14.4. The number of hydrogen-bond donors (Lipinski definition) is 2. The van der Waals surface area contributed by atoms with E-state index in [1.54, 1.807) is 49.4 Å². The highest BCUT2D eigenvalue weighted by Crippen LogP contribution is 2.23. The van der Waals surface area contributed by atoms with Gasteiger partial charge in [-0.25, -0.2) is 8.42 Å². The van der Waals surface area contributed by atoms with Crippen LogP contribution in [0.25, 0.3) is 0 Å². The van der Waals surface area contributed by atoms with Crippen LogP contribution < -0.4 is 5.32 Å². The Morgan fingerprint density at radius 2 is 1.64 bits per heavy atom. The van der Waals surface area contributed by atoms with Crippen molar-refractivity contribution in [1.29, 1.82) is 0 Å². The van der Waals surface area contributed by atoms with Crippen LogP contribution in [0, 0.1) is 0 Å². The van der Waals surface area contributed by atoms with Crippen LogP contribution in [0.1, 0.15) is 41.4 Å². The van der Waals surface area contributed by atoms with Crippen molar-refractivity contribution in [2.45, 2.75) is 42.2 Å². The van der Waals surface area contributed by atoms with Gasteiger partial charge in [-0.3, -0.25) is 9.59 Å². The summed E-state index contributed by atoms with van der Waals surface area (Å²) in [6.07, 6.45) is -0.0584. The van der Waals surface area contributed by atoms with E-state index in [4.69, 9.17) is 16.3 Å². The van der Waals surface area contributed by atoms with Crippen molar-refractivity contribution in [3.05, 3.63) is 94.5 Å². The predicted molar refractivity (Wildman–Crippen MR) is 150 cm³/mol. The van der Waals surface area contributed by atoms with Gasteiger partial charge in [0.2, 0.25) is 9.84 Å². The number of nitrogens with zero attached hydrogens (tertiary/aromatic N) is 1. The van der Waals surface area contributed by atoms with Gasteiger partial charge in [-0.15, -0.1) is 0 Å².